The number of esters is 2. The molecule has 0 saturated carbocycles. The number of hydrogen-bond donors (Lipinski definition) is 4. The molecule has 3 aromatic rings. The van der Waals surface area contributed by atoms with Crippen molar-refractivity contribution >= 4 is 83.2 Å². The first-order valence-electron chi connectivity index (χ1n) is 16.4. The van der Waals surface area contributed by atoms with Crippen LogP contribution in [0.5, 0.6) is 11.5 Å². The van der Waals surface area contributed by atoms with Gasteiger partial charge in [0.15, 0.2) is 5.75 Å². The zero-order chi connectivity index (χ0) is 46.4. The van der Waals surface area contributed by atoms with Crippen LogP contribution in [0.1, 0.15) is 54.5 Å². The second-order valence-corrected chi connectivity index (χ2v) is 19.2. The Morgan fingerprint density at radius 1 is 0.742 bits per heavy atom. The van der Waals surface area contributed by atoms with Crippen LogP contribution in [-0.4, -0.2) is 72.6 Å². The van der Waals surface area contributed by atoms with Crippen molar-refractivity contribution in [2.24, 2.45) is 5.73 Å². The van der Waals surface area contributed by atoms with Gasteiger partial charge in [-0.2, -0.15) is 5.09 Å². The van der Waals surface area contributed by atoms with Crippen molar-refractivity contribution in [2.45, 2.75) is 80.2 Å². The monoisotopic (exact) mass is 1010 g/mol. The van der Waals surface area contributed by atoms with Crippen LogP contribution < -0.4 is 15.3 Å². The van der Waals surface area contributed by atoms with Crippen LogP contribution in [0.15, 0.2) is 66.7 Å². The maximum Gasteiger partial charge on any atom is 0.456 e. The number of phenols is 1. The zero-order valence-electron chi connectivity index (χ0n) is 33.5. The summed E-state index contributed by atoms with van der Waals surface area (Å²) in [4.78, 5) is 69.9. The van der Waals surface area contributed by atoms with E-state index in [1.165, 1.54) is 32.6 Å². The van der Waals surface area contributed by atoms with Crippen molar-refractivity contribution in [3.05, 3.63) is 113 Å². The SMILES string of the molecule is C.CC(C)OC(=O)[C@H](C)N.CC(C)OC(=O)[C@H](C)NP(=O)(O)Oc1ccccc1.CP(=O)(Cl)Cl.Cc1ccc([N+](=O)[O-])cc1[N+](=O)[O-].Cl.O=[N+]([O-])c1ccc(O)c([N+](=O)[O-])c1.[Ar]. The second kappa shape index (κ2) is 32.9. The number of nitrogens with zero attached hydrogens (tertiary/aromatic N) is 4. The summed E-state index contributed by atoms with van der Waals surface area (Å²) in [6.45, 7) is 12.8. The molecule has 0 heterocycles. The summed E-state index contributed by atoms with van der Waals surface area (Å²) < 4.78 is 36.1. The zero-order valence-corrected chi connectivity index (χ0v) is 38.3. The van der Waals surface area contributed by atoms with Crippen LogP contribution in [-0.2, 0) is 28.2 Å². The Hall–Kier alpha value is -3.73. The third kappa shape index (κ3) is 32.9. The summed E-state index contributed by atoms with van der Waals surface area (Å²) >= 11 is 9.70. The standard InChI is InChI=1S/C12H18NO5P.C7H6N2O4.C6H4N2O5.C6H13NO2.CH3Cl2OP.CH4.Ar.ClH/c1-9(2)17-12(14)10(3)13-19(15,16)18-11-7-5-4-6-8-11;1-5-2-3-6(8(10)11)4-7(5)9(12)13;9-6-2-1-4(7(10)11)3-5(6)8(12)13;1-4(2)9-6(8)5(3)7;1-5(2,3)4;;;/h4-10H,1-3H3,(H2,13,15,16);2-4H,1H3;1-3,9H;4-5H,7H2,1-3H3;1H3;1H4;;1H/t10-;;;5-;;;;/m0..0..../s1. The number of para-hydroxylation sites is 1. The van der Waals surface area contributed by atoms with E-state index in [0.29, 0.717) is 11.6 Å². The van der Waals surface area contributed by atoms with Crippen LogP contribution in [0.2, 0.25) is 0 Å². The average molecular weight is 1010 g/mol. The van der Waals surface area contributed by atoms with E-state index in [1.807, 2.05) is 0 Å². The first-order chi connectivity index (χ1) is 26.9. The smallest absolute Gasteiger partial charge is 0.456 e. The van der Waals surface area contributed by atoms with E-state index in [9.17, 15) is 64.1 Å². The fraction of sp³-hybridized carbons (Fsp3) is 0.394. The summed E-state index contributed by atoms with van der Waals surface area (Å²) in [5, 5.41) is 52.2. The van der Waals surface area contributed by atoms with E-state index in [0.717, 1.165) is 18.2 Å². The molecule has 0 spiro atoms. The van der Waals surface area contributed by atoms with E-state index >= 15 is 0 Å². The van der Waals surface area contributed by atoms with Crippen LogP contribution in [0, 0.1) is 85.1 Å². The number of hydrogen-bond acceptors (Lipinski definition) is 17. The Bertz CT molecular complexity index is 1920. The van der Waals surface area contributed by atoms with Gasteiger partial charge >= 0.3 is 25.4 Å². The van der Waals surface area contributed by atoms with Gasteiger partial charge in [0.1, 0.15) is 17.8 Å². The predicted octanol–water partition coefficient (Wildman–Crippen LogP) is 8.75. The molecule has 0 radical (unpaired) electrons. The topological polar surface area (TPSA) is 347 Å². The Morgan fingerprint density at radius 2 is 1.13 bits per heavy atom. The van der Waals surface area contributed by atoms with Gasteiger partial charge in [-0.1, -0.05) is 25.6 Å². The molecular formula is C33H49ArCl3N6O17P2. The molecule has 62 heavy (non-hydrogen) atoms. The van der Waals surface area contributed by atoms with Gasteiger partial charge in [0.2, 0.25) is 5.85 Å². The number of nitrogens with one attached hydrogen (secondary N) is 1. The summed E-state index contributed by atoms with van der Waals surface area (Å²) in [5.41, 5.74) is 4.03. The summed E-state index contributed by atoms with van der Waals surface area (Å²) in [6, 6.07) is 12.9. The fourth-order valence-electron chi connectivity index (χ4n) is 3.30. The van der Waals surface area contributed by atoms with Gasteiger partial charge in [-0.15, -0.1) is 12.4 Å². The Morgan fingerprint density at radius 3 is 1.48 bits per heavy atom. The first-order valence-corrected chi connectivity index (χ1v) is 21.9. The van der Waals surface area contributed by atoms with Gasteiger partial charge in [0, 0.05) is 62.1 Å². The minimum absolute atomic E-state index is 0. The quantitative estimate of drug-likeness (QED) is 0.0570. The molecule has 1 unspecified atom stereocenters. The normalized spacial score (nSPS) is 11.7. The van der Waals surface area contributed by atoms with E-state index in [4.69, 9.17) is 47.3 Å². The van der Waals surface area contributed by atoms with E-state index in [-0.39, 0.29) is 92.9 Å². The molecule has 0 aliphatic rings. The van der Waals surface area contributed by atoms with E-state index in [2.05, 4.69) is 5.09 Å². The van der Waals surface area contributed by atoms with Gasteiger partial charge in [-0.3, -0.25) is 54.6 Å². The van der Waals surface area contributed by atoms with Crippen molar-refractivity contribution in [1.29, 1.82) is 0 Å². The largest absolute Gasteiger partial charge is 0.502 e. The third-order valence-electron chi connectivity index (χ3n) is 5.72. The third-order valence-corrected chi connectivity index (χ3v) is 6.90. The van der Waals surface area contributed by atoms with Crippen LogP contribution in [0.3, 0.4) is 0 Å². The number of nitrogens with two attached hydrogens (primary N) is 1. The van der Waals surface area contributed by atoms with Crippen LogP contribution in [0.25, 0.3) is 0 Å². The molecule has 0 aliphatic carbocycles. The minimum Gasteiger partial charge on any atom is -0.502 e. The van der Waals surface area contributed by atoms with Crippen molar-refractivity contribution in [3.8, 4) is 11.5 Å². The molecule has 3 atom stereocenters. The number of nitro groups is 4. The summed E-state index contributed by atoms with van der Waals surface area (Å²) in [7, 11) is -4.12. The molecule has 3 aromatic carbocycles. The number of aromatic hydroxyl groups is 1. The van der Waals surface area contributed by atoms with E-state index in [1.54, 1.807) is 65.0 Å². The Labute approximate surface area is 402 Å². The minimum atomic E-state index is -4.12. The number of aryl methyl sites for hydroxylation is 1. The van der Waals surface area contributed by atoms with Gasteiger partial charge in [0.05, 0.1) is 44.0 Å². The number of phenolic OH excluding ortho intramolecular Hbond substituents is 1. The van der Waals surface area contributed by atoms with Crippen molar-refractivity contribution in [2.75, 3.05) is 6.66 Å². The molecule has 3 rings (SSSR count). The van der Waals surface area contributed by atoms with Crippen LogP contribution in [0.4, 0.5) is 22.7 Å². The molecule has 0 amide bonds. The second-order valence-electron chi connectivity index (χ2n) is 11.9. The molecule has 0 aliphatic heterocycles. The number of halogens is 3. The number of nitro benzene ring substituents is 4. The van der Waals surface area contributed by atoms with Crippen molar-refractivity contribution in [3.63, 3.8) is 0 Å². The molecule has 0 bridgehead atoms. The molecule has 5 N–H and O–H groups in total. The number of rotatable bonds is 12. The Balaban J connectivity index is -0.000000227. The van der Waals surface area contributed by atoms with Gasteiger partial charge in [-0.25, -0.2) is 4.57 Å². The predicted molar refractivity (Wildman–Crippen MR) is 231 cm³/mol. The number of ether oxygens (including phenoxy) is 2. The van der Waals surface area contributed by atoms with Crippen molar-refractivity contribution in [1.82, 2.24) is 5.09 Å². The molecule has 352 valence electrons. The van der Waals surface area contributed by atoms with Gasteiger partial charge in [-0.05, 0) is 95.2 Å². The van der Waals surface area contributed by atoms with E-state index < -0.39 is 68.5 Å². The molecule has 0 fully saturated rings. The molecule has 29 heteroatoms. The molecule has 23 nitrogen and oxygen atoms in total. The summed E-state index contributed by atoms with van der Waals surface area (Å²) in [6.07, 6.45) is -0.353. The van der Waals surface area contributed by atoms with Crippen molar-refractivity contribution < 1.29 is 100 Å². The molecule has 0 saturated heterocycles. The maximum atomic E-state index is 11.8. The maximum absolute atomic E-state index is 11.8. The average Bonchev–Trinajstić information content (AvgIpc) is 3.07. The first kappa shape index (κ1) is 67.3. The van der Waals surface area contributed by atoms with Crippen LogP contribution >= 0.6 is 48.5 Å². The number of carbonyl (C=O) groups is 2. The fourth-order valence-corrected chi connectivity index (χ4v) is 4.36. The summed E-state index contributed by atoms with van der Waals surface area (Å²) in [5.74, 6) is -3.99. The Kier molecular flexibility index (Phi) is 35.7. The number of carbonyl (C=O) groups excluding carboxylic acids is 2. The van der Waals surface area contributed by atoms with Gasteiger partial charge < -0.3 is 29.7 Å². The number of benzene rings is 3. The molecule has 0 aromatic heterocycles. The molecular weight excluding hydrogens is 961 g/mol. The van der Waals surface area contributed by atoms with Gasteiger partial charge in [0.25, 0.3) is 17.1 Å². The number of non-ortho nitro benzene ring substituents is 2.